The zero-order valence-corrected chi connectivity index (χ0v) is 15.9. The molecule has 2 aliphatic rings. The summed E-state index contributed by atoms with van der Waals surface area (Å²) in [5.41, 5.74) is 2.89. The van der Waals surface area contributed by atoms with Crippen molar-refractivity contribution >= 4 is 22.4 Å². The first kappa shape index (κ1) is 17.1. The number of rotatable bonds is 2. The second-order valence-electron chi connectivity index (χ2n) is 8.13. The minimum absolute atomic E-state index is 0.764. The number of hydrogen-bond acceptors (Lipinski definition) is 4. The van der Waals surface area contributed by atoms with Gasteiger partial charge >= 0.3 is 0 Å². The highest BCUT2D eigenvalue weighted by atomic mass is 15.2. The van der Waals surface area contributed by atoms with Crippen molar-refractivity contribution in [3.63, 3.8) is 0 Å². The number of aromatic nitrogens is 1. The normalized spacial score (nSPS) is 19.7. The molecule has 1 aromatic heterocycles. The van der Waals surface area contributed by atoms with E-state index in [1.165, 1.54) is 25.7 Å². The number of benzene rings is 1. The van der Waals surface area contributed by atoms with Crippen molar-refractivity contribution in [2.45, 2.75) is 39.5 Å². The molecular weight excluding hydrogens is 320 g/mol. The predicted molar refractivity (Wildman–Crippen MR) is 108 cm³/mol. The van der Waals surface area contributed by atoms with Crippen LogP contribution < -0.4 is 9.80 Å². The zero-order chi connectivity index (χ0) is 18.1. The van der Waals surface area contributed by atoms with Crippen molar-refractivity contribution in [1.82, 2.24) is 4.98 Å². The third-order valence-electron chi connectivity index (χ3n) is 6.14. The SMILES string of the molecule is CC1CCN(c2nc3ccccc3c(N3CCC(C)CC3)c2C#N)CC1. The van der Waals surface area contributed by atoms with Crippen LogP contribution in [-0.2, 0) is 0 Å². The lowest BCUT2D eigenvalue weighted by Crippen LogP contribution is -2.36. The van der Waals surface area contributed by atoms with Gasteiger partial charge in [0, 0.05) is 31.6 Å². The second-order valence-corrected chi connectivity index (χ2v) is 8.13. The van der Waals surface area contributed by atoms with Crippen LogP contribution in [0, 0.1) is 23.2 Å². The van der Waals surface area contributed by atoms with Gasteiger partial charge in [-0.1, -0.05) is 32.0 Å². The number of pyridine rings is 1. The van der Waals surface area contributed by atoms with Gasteiger partial charge in [-0.2, -0.15) is 5.26 Å². The fourth-order valence-electron chi connectivity index (χ4n) is 4.29. The van der Waals surface area contributed by atoms with Gasteiger partial charge in [-0.3, -0.25) is 0 Å². The molecule has 2 saturated heterocycles. The molecule has 0 saturated carbocycles. The van der Waals surface area contributed by atoms with E-state index in [4.69, 9.17) is 4.98 Å². The number of nitriles is 1. The van der Waals surface area contributed by atoms with Crippen LogP contribution in [0.2, 0.25) is 0 Å². The zero-order valence-electron chi connectivity index (χ0n) is 15.9. The van der Waals surface area contributed by atoms with Crippen LogP contribution in [0.15, 0.2) is 24.3 Å². The third-order valence-corrected chi connectivity index (χ3v) is 6.14. The van der Waals surface area contributed by atoms with E-state index in [-0.39, 0.29) is 0 Å². The highest BCUT2D eigenvalue weighted by molar-refractivity contribution is 5.97. The summed E-state index contributed by atoms with van der Waals surface area (Å²) in [7, 11) is 0. The maximum Gasteiger partial charge on any atom is 0.149 e. The van der Waals surface area contributed by atoms with Crippen molar-refractivity contribution in [1.29, 1.82) is 5.26 Å². The number of para-hydroxylation sites is 1. The highest BCUT2D eigenvalue weighted by Gasteiger charge is 2.27. The summed E-state index contributed by atoms with van der Waals surface area (Å²) in [6.45, 7) is 8.69. The Hall–Kier alpha value is -2.28. The smallest absolute Gasteiger partial charge is 0.149 e. The molecule has 4 heteroatoms. The molecule has 1 aromatic carbocycles. The van der Waals surface area contributed by atoms with E-state index in [2.05, 4.69) is 47.9 Å². The summed E-state index contributed by atoms with van der Waals surface area (Å²) in [5.74, 6) is 2.43. The number of nitrogens with zero attached hydrogens (tertiary/aromatic N) is 4. The van der Waals surface area contributed by atoms with Crippen molar-refractivity contribution in [2.75, 3.05) is 36.0 Å². The average molecular weight is 348 g/mol. The average Bonchev–Trinajstić information content (AvgIpc) is 2.68. The van der Waals surface area contributed by atoms with E-state index >= 15 is 0 Å². The van der Waals surface area contributed by atoms with Gasteiger partial charge in [0.15, 0.2) is 0 Å². The maximum absolute atomic E-state index is 10.1. The molecule has 4 rings (SSSR count). The summed E-state index contributed by atoms with van der Waals surface area (Å²) in [6, 6.07) is 10.8. The molecule has 0 aliphatic carbocycles. The summed E-state index contributed by atoms with van der Waals surface area (Å²) in [4.78, 5) is 9.71. The Balaban J connectivity index is 1.84. The fraction of sp³-hybridized carbons (Fsp3) is 0.545. The molecule has 2 aliphatic heterocycles. The molecule has 0 bridgehead atoms. The number of hydrogen-bond donors (Lipinski definition) is 0. The Kier molecular flexibility index (Phi) is 4.72. The van der Waals surface area contributed by atoms with E-state index in [1.54, 1.807) is 0 Å². The summed E-state index contributed by atoms with van der Waals surface area (Å²) in [5, 5.41) is 11.2. The first-order valence-electron chi connectivity index (χ1n) is 10.00. The predicted octanol–water partition coefficient (Wildman–Crippen LogP) is 4.58. The summed E-state index contributed by atoms with van der Waals surface area (Å²) >= 11 is 0. The standard InChI is InChI=1S/C22H28N4/c1-16-7-11-25(12-8-16)21-18-5-3-4-6-20(18)24-22(19(21)15-23)26-13-9-17(2)10-14-26/h3-6,16-17H,7-14H2,1-2H3. The van der Waals surface area contributed by atoms with Gasteiger partial charge in [0.05, 0.1) is 11.2 Å². The van der Waals surface area contributed by atoms with Gasteiger partial charge in [0.25, 0.3) is 0 Å². The largest absolute Gasteiger partial charge is 0.370 e. The first-order valence-corrected chi connectivity index (χ1v) is 10.00. The van der Waals surface area contributed by atoms with E-state index in [9.17, 15) is 5.26 Å². The molecule has 0 radical (unpaired) electrons. The molecule has 0 atom stereocenters. The first-order chi connectivity index (χ1) is 12.7. The van der Waals surface area contributed by atoms with Gasteiger partial charge in [-0.05, 0) is 43.6 Å². The lowest BCUT2D eigenvalue weighted by atomic mass is 9.96. The lowest BCUT2D eigenvalue weighted by molar-refractivity contribution is 0.435. The minimum atomic E-state index is 0.764. The maximum atomic E-state index is 10.1. The van der Waals surface area contributed by atoms with E-state index in [0.29, 0.717) is 0 Å². The van der Waals surface area contributed by atoms with Crippen molar-refractivity contribution < 1.29 is 0 Å². The summed E-state index contributed by atoms with van der Waals surface area (Å²) < 4.78 is 0. The molecule has 26 heavy (non-hydrogen) atoms. The van der Waals surface area contributed by atoms with Crippen LogP contribution >= 0.6 is 0 Å². The van der Waals surface area contributed by atoms with Gasteiger partial charge < -0.3 is 9.80 Å². The number of anilines is 2. The van der Waals surface area contributed by atoms with Crippen molar-refractivity contribution in [3.8, 4) is 6.07 Å². The molecular formula is C22H28N4. The Labute approximate surface area is 156 Å². The molecule has 2 aromatic rings. The molecule has 0 spiro atoms. The van der Waals surface area contributed by atoms with Gasteiger partial charge in [0.2, 0.25) is 0 Å². The third kappa shape index (κ3) is 3.11. The van der Waals surface area contributed by atoms with Gasteiger partial charge in [0.1, 0.15) is 17.5 Å². The second kappa shape index (κ2) is 7.15. The van der Waals surface area contributed by atoms with Crippen LogP contribution in [0.3, 0.4) is 0 Å². The van der Waals surface area contributed by atoms with Crippen LogP contribution in [0.25, 0.3) is 10.9 Å². The molecule has 0 amide bonds. The van der Waals surface area contributed by atoms with Gasteiger partial charge in [-0.15, -0.1) is 0 Å². The van der Waals surface area contributed by atoms with Gasteiger partial charge in [-0.25, -0.2) is 4.98 Å². The monoisotopic (exact) mass is 348 g/mol. The number of fused-ring (bicyclic) bond motifs is 1. The van der Waals surface area contributed by atoms with Crippen LogP contribution in [0.1, 0.15) is 45.1 Å². The number of piperidine rings is 2. The highest BCUT2D eigenvalue weighted by Crippen LogP contribution is 2.38. The Bertz CT molecular complexity index is 822. The molecule has 0 N–H and O–H groups in total. The molecule has 4 nitrogen and oxygen atoms in total. The van der Waals surface area contributed by atoms with E-state index in [1.807, 2.05) is 6.07 Å². The van der Waals surface area contributed by atoms with Crippen LogP contribution in [-0.4, -0.2) is 31.2 Å². The molecule has 3 heterocycles. The minimum Gasteiger partial charge on any atom is -0.370 e. The fourth-order valence-corrected chi connectivity index (χ4v) is 4.29. The Morgan fingerprint density at radius 2 is 1.50 bits per heavy atom. The van der Waals surface area contributed by atoms with Crippen molar-refractivity contribution in [3.05, 3.63) is 29.8 Å². The molecule has 0 unspecified atom stereocenters. The Morgan fingerprint density at radius 3 is 2.12 bits per heavy atom. The van der Waals surface area contributed by atoms with Crippen LogP contribution in [0.5, 0.6) is 0 Å². The topological polar surface area (TPSA) is 43.2 Å². The quantitative estimate of drug-likeness (QED) is 0.797. The molecule has 2 fully saturated rings. The molecule has 136 valence electrons. The van der Waals surface area contributed by atoms with Crippen molar-refractivity contribution in [2.24, 2.45) is 11.8 Å². The van der Waals surface area contributed by atoms with Crippen LogP contribution in [0.4, 0.5) is 11.5 Å². The van der Waals surface area contributed by atoms with E-state index in [0.717, 1.165) is 66.0 Å². The Morgan fingerprint density at radius 1 is 0.923 bits per heavy atom. The lowest BCUT2D eigenvalue weighted by Gasteiger charge is -2.36. The van der Waals surface area contributed by atoms with E-state index < -0.39 is 0 Å². The summed E-state index contributed by atoms with van der Waals surface area (Å²) in [6.07, 6.45) is 4.74.